The van der Waals surface area contributed by atoms with Crippen LogP contribution in [0.15, 0.2) is 52.5 Å². The fraction of sp³-hybridized carbons (Fsp3) is 0.100. The highest BCUT2D eigenvalue weighted by Gasteiger charge is 2.16. The lowest BCUT2D eigenvalue weighted by molar-refractivity contribution is -0.139. The number of halogens is 1. The molecule has 3 N–H and O–H groups in total. The summed E-state index contributed by atoms with van der Waals surface area (Å²) in [6.45, 7) is -0.462. The molecule has 2 aromatic carbocycles. The van der Waals surface area contributed by atoms with Gasteiger partial charge < -0.3 is 19.7 Å². The number of hydrogen-bond donors (Lipinski definition) is 3. The number of aromatic amines is 1. The normalized spacial score (nSPS) is 11.2. The summed E-state index contributed by atoms with van der Waals surface area (Å²) in [6, 6.07) is 11.4. The second-order valence-electron chi connectivity index (χ2n) is 5.98. The first-order valence-electron chi connectivity index (χ1n) is 8.69. The van der Waals surface area contributed by atoms with Crippen molar-refractivity contribution in [1.29, 1.82) is 0 Å². The van der Waals surface area contributed by atoms with Gasteiger partial charge >= 0.3 is 11.9 Å². The number of thioether (sulfide) groups is 1. The third kappa shape index (κ3) is 6.00. The fourth-order valence-electron chi connectivity index (χ4n) is 2.47. The first kappa shape index (κ1) is 22.2. The summed E-state index contributed by atoms with van der Waals surface area (Å²) in [5.41, 5.74) is 1.17. The van der Waals surface area contributed by atoms with Crippen molar-refractivity contribution in [3.63, 3.8) is 0 Å². The summed E-state index contributed by atoms with van der Waals surface area (Å²) in [5, 5.41) is 25.7. The number of aromatic nitrogens is 3. The van der Waals surface area contributed by atoms with Gasteiger partial charge in [-0.05, 0) is 53.7 Å². The molecule has 0 aliphatic heterocycles. The Morgan fingerprint density at radius 1 is 1.19 bits per heavy atom. The molecule has 0 spiro atoms. The topological polar surface area (TPSA) is 135 Å². The number of carboxylic acids is 2. The summed E-state index contributed by atoms with van der Waals surface area (Å²) >= 11 is 6.91. The van der Waals surface area contributed by atoms with E-state index in [-0.39, 0.29) is 10.1 Å². The predicted octanol–water partition coefficient (Wildman–Crippen LogP) is 3.81. The van der Waals surface area contributed by atoms with Crippen LogP contribution in [-0.4, -0.2) is 51.0 Å². The molecule has 9 nitrogen and oxygen atoms in total. The number of ether oxygens (including phenoxy) is 2. The highest BCUT2D eigenvalue weighted by atomic mass is 35.5. The smallest absolute Gasteiger partial charge is 0.342 e. The van der Waals surface area contributed by atoms with Crippen molar-refractivity contribution in [3.05, 3.63) is 58.0 Å². The number of hydrogen-bond acceptors (Lipinski definition) is 7. The number of carbonyl (C=O) groups is 2. The Bertz CT molecular complexity index is 1130. The van der Waals surface area contributed by atoms with Crippen molar-refractivity contribution in [2.45, 2.75) is 5.16 Å². The lowest BCUT2D eigenvalue weighted by Gasteiger charge is -2.05. The number of benzene rings is 2. The van der Waals surface area contributed by atoms with Crippen LogP contribution in [0.2, 0.25) is 5.02 Å². The number of H-pyrrole nitrogens is 1. The molecule has 0 unspecified atom stereocenters. The standard InChI is InChI=1S/C20H16ClN3O6S/c1-29-15-7-4-12(21)9-14(15)18-22-20(24-23-18)31-16(19(27)28)8-11-2-5-13(6-3-11)30-10-17(25)26/h2-9H,10H2,1H3,(H,25,26)(H,27,28)(H,22,23,24)/b16-8-. The van der Waals surface area contributed by atoms with E-state index < -0.39 is 18.5 Å². The van der Waals surface area contributed by atoms with Gasteiger partial charge in [0.05, 0.1) is 12.7 Å². The van der Waals surface area contributed by atoms with E-state index in [0.29, 0.717) is 33.5 Å². The minimum absolute atomic E-state index is 0.0113. The van der Waals surface area contributed by atoms with E-state index in [0.717, 1.165) is 11.8 Å². The zero-order valence-electron chi connectivity index (χ0n) is 16.0. The average Bonchev–Trinajstić information content (AvgIpc) is 3.21. The van der Waals surface area contributed by atoms with Crippen molar-refractivity contribution < 1.29 is 29.3 Å². The van der Waals surface area contributed by atoms with Crippen LogP contribution in [0.3, 0.4) is 0 Å². The van der Waals surface area contributed by atoms with Gasteiger partial charge in [0.2, 0.25) is 5.16 Å². The summed E-state index contributed by atoms with van der Waals surface area (Å²) in [7, 11) is 1.52. The SMILES string of the molecule is COc1ccc(Cl)cc1-c1nc(S/C(=C\c2ccc(OCC(=O)O)cc2)C(=O)O)n[nH]1. The van der Waals surface area contributed by atoms with Gasteiger partial charge in [0, 0.05) is 5.02 Å². The number of carboxylic acid groups (broad SMARTS) is 2. The zero-order valence-corrected chi connectivity index (χ0v) is 17.6. The lowest BCUT2D eigenvalue weighted by atomic mass is 10.2. The first-order valence-corrected chi connectivity index (χ1v) is 9.89. The summed E-state index contributed by atoms with van der Waals surface area (Å²) in [5.74, 6) is -0.960. The number of aliphatic carboxylic acids is 2. The maximum absolute atomic E-state index is 11.7. The molecular formula is C20H16ClN3O6S. The minimum atomic E-state index is -1.15. The Labute approximate surface area is 185 Å². The van der Waals surface area contributed by atoms with Crippen LogP contribution in [-0.2, 0) is 9.59 Å². The second kappa shape index (κ2) is 10.0. The van der Waals surface area contributed by atoms with Gasteiger partial charge in [-0.1, -0.05) is 23.7 Å². The molecule has 0 atom stereocenters. The van der Waals surface area contributed by atoms with Crippen molar-refractivity contribution in [2.24, 2.45) is 0 Å². The van der Waals surface area contributed by atoms with Crippen LogP contribution in [0.1, 0.15) is 5.56 Å². The highest BCUT2D eigenvalue weighted by Crippen LogP contribution is 2.33. The van der Waals surface area contributed by atoms with Crippen LogP contribution in [0, 0.1) is 0 Å². The fourth-order valence-corrected chi connectivity index (χ4v) is 3.35. The average molecular weight is 462 g/mol. The number of rotatable bonds is 9. The summed E-state index contributed by atoms with van der Waals surface area (Å²) in [4.78, 5) is 26.6. The molecule has 0 saturated carbocycles. The molecule has 1 aromatic heterocycles. The zero-order chi connectivity index (χ0) is 22.4. The van der Waals surface area contributed by atoms with Crippen molar-refractivity contribution in [3.8, 4) is 22.9 Å². The molecular weight excluding hydrogens is 446 g/mol. The largest absolute Gasteiger partial charge is 0.496 e. The third-order valence-electron chi connectivity index (χ3n) is 3.83. The highest BCUT2D eigenvalue weighted by molar-refractivity contribution is 8.04. The summed E-state index contributed by atoms with van der Waals surface area (Å²) in [6.07, 6.45) is 1.45. The maximum Gasteiger partial charge on any atom is 0.342 e. The Balaban J connectivity index is 1.79. The monoisotopic (exact) mass is 461 g/mol. The second-order valence-corrected chi connectivity index (χ2v) is 7.42. The number of nitrogens with zero attached hydrogens (tertiary/aromatic N) is 2. The molecule has 3 aromatic rings. The van der Waals surface area contributed by atoms with E-state index in [9.17, 15) is 14.7 Å². The molecule has 0 bridgehead atoms. The van der Waals surface area contributed by atoms with Crippen molar-refractivity contribution in [2.75, 3.05) is 13.7 Å². The number of nitrogens with one attached hydrogen (secondary N) is 1. The van der Waals surface area contributed by atoms with Crippen LogP contribution in [0.25, 0.3) is 17.5 Å². The Hall–Kier alpha value is -3.50. The Morgan fingerprint density at radius 2 is 1.94 bits per heavy atom. The third-order valence-corrected chi connectivity index (χ3v) is 4.95. The van der Waals surface area contributed by atoms with Crippen LogP contribution < -0.4 is 9.47 Å². The quantitative estimate of drug-likeness (QED) is 0.321. The minimum Gasteiger partial charge on any atom is -0.496 e. The molecule has 0 aliphatic carbocycles. The molecule has 0 saturated heterocycles. The van der Waals surface area contributed by atoms with E-state index in [1.807, 2.05) is 0 Å². The molecule has 0 amide bonds. The van der Waals surface area contributed by atoms with Gasteiger partial charge in [-0.2, -0.15) is 0 Å². The first-order chi connectivity index (χ1) is 14.9. The molecule has 0 fully saturated rings. The molecule has 0 radical (unpaired) electrons. The Kier molecular flexibility index (Phi) is 7.16. The van der Waals surface area contributed by atoms with Gasteiger partial charge in [-0.15, -0.1) is 5.10 Å². The van der Waals surface area contributed by atoms with E-state index >= 15 is 0 Å². The van der Waals surface area contributed by atoms with E-state index in [2.05, 4.69) is 15.2 Å². The van der Waals surface area contributed by atoms with Gasteiger partial charge in [-0.3, -0.25) is 5.10 Å². The van der Waals surface area contributed by atoms with Crippen molar-refractivity contribution >= 4 is 41.4 Å². The van der Waals surface area contributed by atoms with Crippen LogP contribution in [0.4, 0.5) is 0 Å². The lowest BCUT2D eigenvalue weighted by Crippen LogP contribution is -2.09. The van der Waals surface area contributed by atoms with E-state index in [4.69, 9.17) is 26.2 Å². The van der Waals surface area contributed by atoms with Crippen LogP contribution >= 0.6 is 23.4 Å². The molecule has 11 heteroatoms. The molecule has 0 aliphatic rings. The van der Waals surface area contributed by atoms with Gasteiger partial charge in [0.15, 0.2) is 12.4 Å². The van der Waals surface area contributed by atoms with Gasteiger partial charge in [-0.25, -0.2) is 14.6 Å². The molecule has 3 rings (SSSR count). The van der Waals surface area contributed by atoms with E-state index in [1.165, 1.54) is 13.2 Å². The Morgan fingerprint density at radius 3 is 2.58 bits per heavy atom. The molecule has 31 heavy (non-hydrogen) atoms. The van der Waals surface area contributed by atoms with Gasteiger partial charge in [0.1, 0.15) is 16.4 Å². The van der Waals surface area contributed by atoms with Gasteiger partial charge in [0.25, 0.3) is 0 Å². The van der Waals surface area contributed by atoms with Crippen molar-refractivity contribution in [1.82, 2.24) is 15.2 Å². The van der Waals surface area contributed by atoms with Crippen LogP contribution in [0.5, 0.6) is 11.5 Å². The number of methoxy groups -OCH3 is 1. The van der Waals surface area contributed by atoms with E-state index in [1.54, 1.807) is 42.5 Å². The maximum atomic E-state index is 11.7. The predicted molar refractivity (Wildman–Crippen MR) is 114 cm³/mol. The summed E-state index contributed by atoms with van der Waals surface area (Å²) < 4.78 is 10.4. The molecule has 1 heterocycles. The molecule has 160 valence electrons.